The molecule has 9 heteroatoms. The molecule has 1 saturated heterocycles. The molecule has 124 valence electrons. The van der Waals surface area contributed by atoms with Gasteiger partial charge in [-0.1, -0.05) is 0 Å². The van der Waals surface area contributed by atoms with Crippen LogP contribution in [0.15, 0.2) is 29.2 Å². The Kier molecular flexibility index (Phi) is 6.90. The van der Waals surface area contributed by atoms with Gasteiger partial charge in [-0.3, -0.25) is 13.8 Å². The number of phosphoric ester groups is 1. The van der Waals surface area contributed by atoms with Gasteiger partial charge in [0.25, 0.3) is 0 Å². The van der Waals surface area contributed by atoms with Crippen molar-refractivity contribution >= 4 is 31.2 Å². The maximum atomic E-state index is 11.1. The molecule has 0 amide bonds. The smallest absolute Gasteiger partial charge is 0.468 e. The minimum absolute atomic E-state index is 0.173. The predicted octanol–water partition coefficient (Wildman–Crippen LogP) is 2.30. The summed E-state index contributed by atoms with van der Waals surface area (Å²) >= 11 is 1.72. The number of nitrogen functional groups attached to an aromatic ring is 1. The second-order valence-electron chi connectivity index (χ2n) is 4.84. The number of esters is 1. The van der Waals surface area contributed by atoms with Crippen LogP contribution in [0, 0.1) is 5.41 Å². The van der Waals surface area contributed by atoms with E-state index in [0.717, 1.165) is 5.69 Å². The largest absolute Gasteiger partial charge is 0.472 e. The molecule has 0 spiro atoms. The van der Waals surface area contributed by atoms with E-state index in [9.17, 15) is 9.36 Å². The number of hydrogen-bond donors (Lipinski definition) is 2. The molecule has 1 aromatic carbocycles. The van der Waals surface area contributed by atoms with Crippen LogP contribution in [0.3, 0.4) is 0 Å². The first-order valence-corrected chi connectivity index (χ1v) is 9.04. The summed E-state index contributed by atoms with van der Waals surface area (Å²) in [4.78, 5) is 21.2. The first kappa shape index (κ1) is 19.0. The number of carbonyl (C=O) groups excluding carboxylic acids is 1. The SMILES string of the molecule is COC(=O)C1(C)COP(=O)(O)OC1.CSc1ccc(N)cc1. The molecule has 0 saturated carbocycles. The van der Waals surface area contributed by atoms with E-state index >= 15 is 0 Å². The number of anilines is 1. The molecule has 7 nitrogen and oxygen atoms in total. The highest BCUT2D eigenvalue weighted by Crippen LogP contribution is 2.49. The molecular formula is C13H20NO6PS. The maximum Gasteiger partial charge on any atom is 0.472 e. The summed E-state index contributed by atoms with van der Waals surface area (Å²) in [5.41, 5.74) is 5.30. The third-order valence-electron chi connectivity index (χ3n) is 2.89. The average Bonchev–Trinajstić information content (AvgIpc) is 2.51. The summed E-state index contributed by atoms with van der Waals surface area (Å²) in [5, 5.41) is 0. The van der Waals surface area contributed by atoms with Crippen LogP contribution in [-0.2, 0) is 23.1 Å². The monoisotopic (exact) mass is 349 g/mol. The van der Waals surface area contributed by atoms with Gasteiger partial charge in [-0.2, -0.15) is 0 Å². The van der Waals surface area contributed by atoms with Crippen LogP contribution in [-0.4, -0.2) is 37.4 Å². The molecule has 3 N–H and O–H groups in total. The van der Waals surface area contributed by atoms with Crippen LogP contribution in [0.5, 0.6) is 0 Å². The molecule has 0 aliphatic carbocycles. The number of methoxy groups -OCH3 is 1. The predicted molar refractivity (Wildman–Crippen MR) is 84.5 cm³/mol. The Morgan fingerprint density at radius 1 is 1.36 bits per heavy atom. The van der Waals surface area contributed by atoms with Gasteiger partial charge in [-0.05, 0) is 37.4 Å². The van der Waals surface area contributed by atoms with Gasteiger partial charge in [0.2, 0.25) is 0 Å². The van der Waals surface area contributed by atoms with Crippen molar-refractivity contribution in [1.29, 1.82) is 0 Å². The highest BCUT2D eigenvalue weighted by atomic mass is 32.2. The van der Waals surface area contributed by atoms with Gasteiger partial charge >= 0.3 is 13.8 Å². The van der Waals surface area contributed by atoms with Crippen molar-refractivity contribution in [3.8, 4) is 0 Å². The van der Waals surface area contributed by atoms with E-state index in [0.29, 0.717) is 0 Å². The van der Waals surface area contributed by atoms with Crippen LogP contribution in [0.1, 0.15) is 6.92 Å². The summed E-state index contributed by atoms with van der Waals surface area (Å²) in [6.45, 7) is 1.19. The molecule has 0 unspecified atom stereocenters. The second-order valence-corrected chi connectivity index (χ2v) is 7.17. The van der Waals surface area contributed by atoms with E-state index in [2.05, 4.69) is 13.8 Å². The molecule has 0 aromatic heterocycles. The first-order chi connectivity index (χ1) is 10.2. The van der Waals surface area contributed by atoms with Gasteiger partial charge < -0.3 is 15.4 Å². The zero-order chi connectivity index (χ0) is 16.8. The van der Waals surface area contributed by atoms with Crippen molar-refractivity contribution in [3.05, 3.63) is 24.3 Å². The van der Waals surface area contributed by atoms with Crippen molar-refractivity contribution in [1.82, 2.24) is 0 Å². The lowest BCUT2D eigenvalue weighted by molar-refractivity contribution is -0.159. The lowest BCUT2D eigenvalue weighted by Crippen LogP contribution is -2.40. The Morgan fingerprint density at radius 3 is 2.27 bits per heavy atom. The number of thioether (sulfide) groups is 1. The van der Waals surface area contributed by atoms with E-state index in [4.69, 9.17) is 10.6 Å². The van der Waals surface area contributed by atoms with Crippen molar-refractivity contribution in [2.45, 2.75) is 11.8 Å². The van der Waals surface area contributed by atoms with E-state index in [1.165, 1.54) is 18.9 Å². The standard InChI is InChI=1S/C7H9NS.C6H11O6P/c1-9-7-4-2-6(8)3-5-7;1-6(5(7)10-2)3-11-13(8,9)12-4-6/h2-5H,8H2,1H3;3-4H2,1-2H3,(H,8,9). The fraction of sp³-hybridized carbons (Fsp3) is 0.462. The van der Waals surface area contributed by atoms with E-state index in [1.54, 1.807) is 11.8 Å². The fourth-order valence-corrected chi connectivity index (χ4v) is 2.87. The Hall–Kier alpha value is -1.05. The number of phosphoric acid groups is 1. The van der Waals surface area contributed by atoms with Gasteiger partial charge in [0.15, 0.2) is 0 Å². The molecule has 0 radical (unpaired) electrons. The Bertz CT molecular complexity index is 538. The summed E-state index contributed by atoms with van der Waals surface area (Å²) in [5.74, 6) is -0.521. The minimum Gasteiger partial charge on any atom is -0.468 e. The van der Waals surface area contributed by atoms with Crippen LogP contribution in [0.4, 0.5) is 5.69 Å². The zero-order valence-electron chi connectivity index (χ0n) is 12.6. The highest BCUT2D eigenvalue weighted by molar-refractivity contribution is 7.98. The quantitative estimate of drug-likeness (QED) is 0.362. The lowest BCUT2D eigenvalue weighted by Gasteiger charge is -2.31. The molecule has 1 heterocycles. The molecule has 1 fully saturated rings. The number of benzene rings is 1. The fourth-order valence-electron chi connectivity index (χ4n) is 1.50. The van der Waals surface area contributed by atoms with E-state index < -0.39 is 19.2 Å². The van der Waals surface area contributed by atoms with Gasteiger partial charge in [0.1, 0.15) is 5.41 Å². The summed E-state index contributed by atoms with van der Waals surface area (Å²) < 4.78 is 24.3. The molecule has 1 aliphatic heterocycles. The van der Waals surface area contributed by atoms with Crippen molar-refractivity contribution in [2.24, 2.45) is 5.41 Å². The van der Waals surface area contributed by atoms with Gasteiger partial charge in [-0.25, -0.2) is 4.57 Å². The van der Waals surface area contributed by atoms with Crippen LogP contribution in [0.25, 0.3) is 0 Å². The van der Waals surface area contributed by atoms with Gasteiger partial charge in [0, 0.05) is 10.6 Å². The normalized spacial score (nSPS) is 27.5. The van der Waals surface area contributed by atoms with Crippen LogP contribution in [0.2, 0.25) is 0 Å². The maximum absolute atomic E-state index is 11.1. The van der Waals surface area contributed by atoms with Gasteiger partial charge in [-0.15, -0.1) is 11.8 Å². The van der Waals surface area contributed by atoms with E-state index in [1.807, 2.05) is 30.5 Å². The number of carbonyl (C=O) groups is 1. The molecule has 2 rings (SSSR count). The first-order valence-electron chi connectivity index (χ1n) is 6.32. The average molecular weight is 349 g/mol. The molecule has 22 heavy (non-hydrogen) atoms. The number of rotatable bonds is 2. The Labute approximate surface area is 133 Å². The molecule has 0 bridgehead atoms. The van der Waals surface area contributed by atoms with Gasteiger partial charge in [0.05, 0.1) is 20.3 Å². The Morgan fingerprint density at radius 2 is 1.86 bits per heavy atom. The Balaban J connectivity index is 0.000000235. The number of hydrogen-bond acceptors (Lipinski definition) is 7. The second kappa shape index (κ2) is 7.99. The number of ether oxygens (including phenoxy) is 1. The molecular weight excluding hydrogens is 329 g/mol. The van der Waals surface area contributed by atoms with E-state index in [-0.39, 0.29) is 13.2 Å². The topological polar surface area (TPSA) is 108 Å². The number of nitrogens with two attached hydrogens (primary N) is 1. The third-order valence-corrected chi connectivity index (χ3v) is 4.54. The lowest BCUT2D eigenvalue weighted by atomic mass is 9.93. The van der Waals surface area contributed by atoms with Crippen LogP contribution >= 0.6 is 19.6 Å². The van der Waals surface area contributed by atoms with Crippen molar-refractivity contribution in [3.63, 3.8) is 0 Å². The highest BCUT2D eigenvalue weighted by Gasteiger charge is 2.44. The van der Waals surface area contributed by atoms with Crippen LogP contribution < -0.4 is 5.73 Å². The summed E-state index contributed by atoms with van der Waals surface area (Å²) in [6, 6.07) is 7.84. The summed E-state index contributed by atoms with van der Waals surface area (Å²) in [7, 11) is -2.69. The molecule has 0 atom stereocenters. The zero-order valence-corrected chi connectivity index (χ0v) is 14.4. The van der Waals surface area contributed by atoms with Crippen molar-refractivity contribution in [2.75, 3.05) is 32.3 Å². The van der Waals surface area contributed by atoms with Crippen molar-refractivity contribution < 1.29 is 28.0 Å². The molecule has 1 aromatic rings. The minimum atomic E-state index is -3.92. The molecule has 1 aliphatic rings. The summed E-state index contributed by atoms with van der Waals surface area (Å²) in [6.07, 6.45) is 2.05. The third kappa shape index (κ3) is 5.62.